The predicted molar refractivity (Wildman–Crippen MR) is 73.3 cm³/mol. The molecule has 0 aromatic carbocycles. The second-order valence-corrected chi connectivity index (χ2v) is 5.63. The van der Waals surface area contributed by atoms with Crippen molar-refractivity contribution in [3.63, 3.8) is 0 Å². The van der Waals surface area contributed by atoms with E-state index >= 15 is 0 Å². The smallest absolute Gasteiger partial charge is 0.309 e. The Bertz CT molecular complexity index is 405. The van der Waals surface area contributed by atoms with Gasteiger partial charge in [0.05, 0.1) is 12.1 Å². The molecule has 1 fully saturated rings. The summed E-state index contributed by atoms with van der Waals surface area (Å²) in [6, 6.07) is 0.566. The molecule has 0 aliphatic carbocycles. The molecule has 1 saturated heterocycles. The molecule has 1 aromatic rings. The highest BCUT2D eigenvalue weighted by Gasteiger charge is 2.22. The average Bonchev–Trinajstić information content (AvgIpc) is 2.64. The van der Waals surface area contributed by atoms with Crippen molar-refractivity contribution >= 4 is 22.4 Å². The van der Waals surface area contributed by atoms with E-state index in [-0.39, 0.29) is 6.42 Å². The van der Waals surface area contributed by atoms with Gasteiger partial charge in [-0.3, -0.25) is 4.79 Å². The van der Waals surface area contributed by atoms with Crippen LogP contribution in [0.3, 0.4) is 0 Å². The van der Waals surface area contributed by atoms with Gasteiger partial charge in [-0.25, -0.2) is 4.98 Å². The van der Waals surface area contributed by atoms with Crippen LogP contribution in [0.1, 0.15) is 44.7 Å². The lowest BCUT2D eigenvalue weighted by atomic mass is 10.1. The summed E-state index contributed by atoms with van der Waals surface area (Å²) < 4.78 is 0. The zero-order chi connectivity index (χ0) is 13.0. The number of anilines is 1. The normalized spacial score (nSPS) is 20.7. The average molecular weight is 268 g/mol. The minimum Gasteiger partial charge on any atom is -0.481 e. The number of carboxylic acid groups (broad SMARTS) is 1. The van der Waals surface area contributed by atoms with E-state index in [4.69, 9.17) is 5.11 Å². The van der Waals surface area contributed by atoms with Gasteiger partial charge < -0.3 is 10.0 Å². The fourth-order valence-corrected chi connectivity index (χ4v) is 3.44. The first kappa shape index (κ1) is 13.3. The van der Waals surface area contributed by atoms with Crippen LogP contribution in [0, 0.1) is 0 Å². The molecule has 2 rings (SSSR count). The number of thiazole rings is 1. The molecule has 1 atom stereocenters. The summed E-state index contributed by atoms with van der Waals surface area (Å²) in [7, 11) is 0. The van der Waals surface area contributed by atoms with Crippen LogP contribution in [0.5, 0.6) is 0 Å². The Hall–Kier alpha value is -1.10. The molecular weight excluding hydrogens is 248 g/mol. The number of aliphatic carboxylic acids is 1. The molecule has 1 unspecified atom stereocenters. The van der Waals surface area contributed by atoms with Crippen LogP contribution in [-0.4, -0.2) is 28.6 Å². The Labute approximate surface area is 112 Å². The lowest BCUT2D eigenvalue weighted by Crippen LogP contribution is -2.34. The molecule has 1 aromatic heterocycles. The van der Waals surface area contributed by atoms with Crippen molar-refractivity contribution in [2.24, 2.45) is 0 Å². The number of nitrogens with zero attached hydrogens (tertiary/aromatic N) is 2. The maximum atomic E-state index is 10.7. The van der Waals surface area contributed by atoms with Gasteiger partial charge in [-0.2, -0.15) is 0 Å². The van der Waals surface area contributed by atoms with Crippen molar-refractivity contribution in [2.45, 2.75) is 51.5 Å². The second-order valence-electron chi connectivity index (χ2n) is 4.80. The van der Waals surface area contributed by atoms with Gasteiger partial charge in [0.1, 0.15) is 0 Å². The first-order valence-electron chi connectivity index (χ1n) is 6.63. The molecule has 1 aliphatic rings. The van der Waals surface area contributed by atoms with Crippen molar-refractivity contribution in [3.8, 4) is 0 Å². The highest BCUT2D eigenvalue weighted by molar-refractivity contribution is 7.13. The van der Waals surface area contributed by atoms with Gasteiger partial charge in [0.25, 0.3) is 0 Å². The Morgan fingerprint density at radius 3 is 3.11 bits per heavy atom. The van der Waals surface area contributed by atoms with Crippen LogP contribution in [0.2, 0.25) is 0 Å². The third-order valence-corrected chi connectivity index (χ3v) is 4.39. The fraction of sp³-hybridized carbons (Fsp3) is 0.692. The number of hydrogen-bond acceptors (Lipinski definition) is 4. The van der Waals surface area contributed by atoms with Gasteiger partial charge in [0, 0.05) is 18.0 Å². The lowest BCUT2D eigenvalue weighted by Gasteiger charge is -2.28. The Balaban J connectivity index is 2.12. The summed E-state index contributed by atoms with van der Waals surface area (Å²) in [5.74, 6) is -0.810. The van der Waals surface area contributed by atoms with Crippen LogP contribution >= 0.6 is 11.3 Å². The second kappa shape index (κ2) is 6.18. The first-order valence-corrected chi connectivity index (χ1v) is 7.51. The summed E-state index contributed by atoms with van der Waals surface area (Å²) in [6.07, 6.45) is 6.19. The van der Waals surface area contributed by atoms with Gasteiger partial charge in [-0.15, -0.1) is 11.3 Å². The SMILES string of the molecule is CCC1CCCCCN1c1nc(CC(=O)O)cs1. The van der Waals surface area contributed by atoms with E-state index in [1.165, 1.54) is 25.7 Å². The van der Waals surface area contributed by atoms with E-state index in [0.717, 1.165) is 18.1 Å². The summed E-state index contributed by atoms with van der Waals surface area (Å²) in [5.41, 5.74) is 0.682. The monoisotopic (exact) mass is 268 g/mol. The van der Waals surface area contributed by atoms with Crippen molar-refractivity contribution in [2.75, 3.05) is 11.4 Å². The van der Waals surface area contributed by atoms with Crippen molar-refractivity contribution in [1.29, 1.82) is 0 Å². The molecule has 1 aliphatic heterocycles. The van der Waals surface area contributed by atoms with Crippen molar-refractivity contribution in [3.05, 3.63) is 11.1 Å². The van der Waals surface area contributed by atoms with Gasteiger partial charge in [-0.1, -0.05) is 19.8 Å². The number of carbonyl (C=O) groups is 1. The molecule has 5 heteroatoms. The van der Waals surface area contributed by atoms with Crippen LogP contribution in [-0.2, 0) is 11.2 Å². The van der Waals surface area contributed by atoms with Gasteiger partial charge in [-0.05, 0) is 19.3 Å². The molecule has 2 heterocycles. The minimum atomic E-state index is -0.810. The summed E-state index contributed by atoms with van der Waals surface area (Å²) >= 11 is 1.58. The van der Waals surface area contributed by atoms with Crippen LogP contribution in [0.25, 0.3) is 0 Å². The molecule has 4 nitrogen and oxygen atoms in total. The highest BCUT2D eigenvalue weighted by atomic mass is 32.1. The lowest BCUT2D eigenvalue weighted by molar-refractivity contribution is -0.136. The van der Waals surface area contributed by atoms with E-state index in [1.54, 1.807) is 11.3 Å². The number of rotatable bonds is 4. The number of aromatic nitrogens is 1. The number of hydrogen-bond donors (Lipinski definition) is 1. The molecule has 1 N–H and O–H groups in total. The summed E-state index contributed by atoms with van der Waals surface area (Å²) in [4.78, 5) is 17.5. The van der Waals surface area contributed by atoms with Gasteiger partial charge in [0.2, 0.25) is 0 Å². The van der Waals surface area contributed by atoms with Crippen LogP contribution in [0.15, 0.2) is 5.38 Å². The molecule has 0 bridgehead atoms. The summed E-state index contributed by atoms with van der Waals surface area (Å²) in [5, 5.41) is 11.7. The predicted octanol–water partition coefficient (Wildman–Crippen LogP) is 2.93. The zero-order valence-corrected chi connectivity index (χ0v) is 11.6. The van der Waals surface area contributed by atoms with Crippen molar-refractivity contribution in [1.82, 2.24) is 4.98 Å². The fourth-order valence-electron chi connectivity index (χ4n) is 2.52. The quantitative estimate of drug-likeness (QED) is 0.912. The maximum Gasteiger partial charge on any atom is 0.309 e. The van der Waals surface area contributed by atoms with Gasteiger partial charge >= 0.3 is 5.97 Å². The molecule has 0 radical (unpaired) electrons. The van der Waals surface area contributed by atoms with E-state index in [0.29, 0.717) is 11.7 Å². The first-order chi connectivity index (χ1) is 8.70. The number of carboxylic acids is 1. The van der Waals surface area contributed by atoms with E-state index in [1.807, 2.05) is 5.38 Å². The molecule has 0 spiro atoms. The molecule has 0 saturated carbocycles. The highest BCUT2D eigenvalue weighted by Crippen LogP contribution is 2.28. The Morgan fingerprint density at radius 1 is 1.56 bits per heavy atom. The minimum absolute atomic E-state index is 0.0289. The largest absolute Gasteiger partial charge is 0.481 e. The molecule has 0 amide bonds. The van der Waals surface area contributed by atoms with Crippen molar-refractivity contribution < 1.29 is 9.90 Å². The third kappa shape index (κ3) is 3.22. The standard InChI is InChI=1S/C13H20N2O2S/c1-2-11-6-4-3-5-7-15(11)13-14-10(9-18-13)8-12(16)17/h9,11H,2-8H2,1H3,(H,16,17). The van der Waals surface area contributed by atoms with E-state index in [2.05, 4.69) is 16.8 Å². The third-order valence-electron chi connectivity index (χ3n) is 3.47. The van der Waals surface area contributed by atoms with Crippen LogP contribution in [0.4, 0.5) is 5.13 Å². The molecular formula is C13H20N2O2S. The zero-order valence-electron chi connectivity index (χ0n) is 10.8. The molecule has 18 heavy (non-hydrogen) atoms. The molecule has 100 valence electrons. The Morgan fingerprint density at radius 2 is 2.39 bits per heavy atom. The summed E-state index contributed by atoms with van der Waals surface area (Å²) in [6.45, 7) is 3.27. The van der Waals surface area contributed by atoms with E-state index < -0.39 is 5.97 Å². The maximum absolute atomic E-state index is 10.7. The Kier molecular flexibility index (Phi) is 4.58. The van der Waals surface area contributed by atoms with E-state index in [9.17, 15) is 4.79 Å². The van der Waals surface area contributed by atoms with Crippen LogP contribution < -0.4 is 4.90 Å². The topological polar surface area (TPSA) is 53.4 Å². The van der Waals surface area contributed by atoms with Gasteiger partial charge in [0.15, 0.2) is 5.13 Å².